The maximum absolute atomic E-state index is 5.83. The Balaban J connectivity index is 1.69. The molecule has 0 aromatic carbocycles. The highest BCUT2D eigenvalue weighted by molar-refractivity contribution is 4.81. The standard InChI is InChI=1S/C9H16O/c1-7-5-6-9(7)10-8-3-2-4-8/h7-9H,2-6H2,1H3. The van der Waals surface area contributed by atoms with Crippen molar-refractivity contribution in [2.24, 2.45) is 5.92 Å². The number of hydrogen-bond donors (Lipinski definition) is 0. The van der Waals surface area contributed by atoms with E-state index in [4.69, 9.17) is 4.74 Å². The Kier molecular flexibility index (Phi) is 1.69. The molecule has 1 heteroatoms. The molecule has 0 radical (unpaired) electrons. The van der Waals surface area contributed by atoms with Crippen molar-refractivity contribution in [3.05, 3.63) is 0 Å². The summed E-state index contributed by atoms with van der Waals surface area (Å²) in [5.41, 5.74) is 0. The monoisotopic (exact) mass is 140 g/mol. The third-order valence-corrected chi connectivity index (χ3v) is 2.96. The van der Waals surface area contributed by atoms with Crippen LogP contribution >= 0.6 is 0 Å². The fourth-order valence-corrected chi connectivity index (χ4v) is 1.59. The van der Waals surface area contributed by atoms with Crippen molar-refractivity contribution in [1.29, 1.82) is 0 Å². The van der Waals surface area contributed by atoms with Gasteiger partial charge in [-0.05, 0) is 38.0 Å². The lowest BCUT2D eigenvalue weighted by Crippen LogP contribution is -2.37. The minimum atomic E-state index is 0.630. The highest BCUT2D eigenvalue weighted by Gasteiger charge is 2.31. The Morgan fingerprint density at radius 1 is 1.10 bits per heavy atom. The van der Waals surface area contributed by atoms with Gasteiger partial charge in [-0.15, -0.1) is 0 Å². The molecule has 0 amide bonds. The van der Waals surface area contributed by atoms with Gasteiger partial charge in [-0.2, -0.15) is 0 Å². The predicted octanol–water partition coefficient (Wildman–Crippen LogP) is 2.35. The van der Waals surface area contributed by atoms with Gasteiger partial charge in [-0.3, -0.25) is 0 Å². The van der Waals surface area contributed by atoms with Gasteiger partial charge in [0.2, 0.25) is 0 Å². The van der Waals surface area contributed by atoms with Crippen LogP contribution in [0.15, 0.2) is 0 Å². The lowest BCUT2D eigenvalue weighted by atomic mass is 9.83. The third-order valence-electron chi connectivity index (χ3n) is 2.96. The van der Waals surface area contributed by atoms with Gasteiger partial charge in [-0.1, -0.05) is 6.92 Å². The van der Waals surface area contributed by atoms with E-state index in [9.17, 15) is 0 Å². The average Bonchev–Trinajstić information content (AvgIpc) is 1.82. The first-order valence-corrected chi connectivity index (χ1v) is 4.52. The lowest BCUT2D eigenvalue weighted by molar-refractivity contribution is -0.110. The highest BCUT2D eigenvalue weighted by atomic mass is 16.5. The Morgan fingerprint density at radius 2 is 1.90 bits per heavy atom. The van der Waals surface area contributed by atoms with Gasteiger partial charge in [0, 0.05) is 0 Å². The van der Waals surface area contributed by atoms with Crippen molar-refractivity contribution in [2.75, 3.05) is 0 Å². The van der Waals surface area contributed by atoms with Crippen LogP contribution in [0, 0.1) is 5.92 Å². The summed E-state index contributed by atoms with van der Waals surface area (Å²) in [6.45, 7) is 2.30. The number of hydrogen-bond acceptors (Lipinski definition) is 1. The van der Waals surface area contributed by atoms with Crippen molar-refractivity contribution >= 4 is 0 Å². The van der Waals surface area contributed by atoms with E-state index >= 15 is 0 Å². The van der Waals surface area contributed by atoms with Crippen LogP contribution in [0.4, 0.5) is 0 Å². The third kappa shape index (κ3) is 1.07. The molecule has 0 aromatic heterocycles. The molecule has 2 rings (SSSR count). The smallest absolute Gasteiger partial charge is 0.0604 e. The second-order valence-electron chi connectivity index (χ2n) is 3.78. The summed E-state index contributed by atoms with van der Waals surface area (Å²) in [5.74, 6) is 0.848. The van der Waals surface area contributed by atoms with Gasteiger partial charge >= 0.3 is 0 Å². The molecule has 0 N–H and O–H groups in total. The lowest BCUT2D eigenvalue weighted by Gasteiger charge is -2.39. The molecule has 2 unspecified atom stereocenters. The second kappa shape index (κ2) is 2.54. The van der Waals surface area contributed by atoms with E-state index < -0.39 is 0 Å². The molecule has 0 spiro atoms. The molecule has 0 heterocycles. The zero-order chi connectivity index (χ0) is 6.97. The fourth-order valence-electron chi connectivity index (χ4n) is 1.59. The first-order valence-electron chi connectivity index (χ1n) is 4.52. The van der Waals surface area contributed by atoms with Crippen molar-refractivity contribution in [3.8, 4) is 0 Å². The molecule has 0 saturated heterocycles. The minimum Gasteiger partial charge on any atom is -0.375 e. The van der Waals surface area contributed by atoms with Crippen molar-refractivity contribution in [1.82, 2.24) is 0 Å². The zero-order valence-electron chi connectivity index (χ0n) is 6.68. The summed E-state index contributed by atoms with van der Waals surface area (Å²) < 4.78 is 5.83. The molecule has 10 heavy (non-hydrogen) atoms. The average molecular weight is 140 g/mol. The van der Waals surface area contributed by atoms with Crippen LogP contribution < -0.4 is 0 Å². The van der Waals surface area contributed by atoms with Crippen LogP contribution in [-0.2, 0) is 4.74 Å². The van der Waals surface area contributed by atoms with Crippen LogP contribution in [0.3, 0.4) is 0 Å². The second-order valence-corrected chi connectivity index (χ2v) is 3.78. The van der Waals surface area contributed by atoms with E-state index in [1.54, 1.807) is 0 Å². The topological polar surface area (TPSA) is 9.23 Å². The maximum Gasteiger partial charge on any atom is 0.0604 e. The normalized spacial score (nSPS) is 40.5. The summed E-state index contributed by atoms with van der Waals surface area (Å²) in [7, 11) is 0. The van der Waals surface area contributed by atoms with Crippen molar-refractivity contribution < 1.29 is 4.74 Å². The highest BCUT2D eigenvalue weighted by Crippen LogP contribution is 2.34. The van der Waals surface area contributed by atoms with E-state index in [-0.39, 0.29) is 0 Å². The molecule has 2 aliphatic rings. The zero-order valence-corrected chi connectivity index (χ0v) is 6.68. The summed E-state index contributed by atoms with van der Waals surface area (Å²) in [4.78, 5) is 0. The first kappa shape index (κ1) is 6.66. The van der Waals surface area contributed by atoms with Gasteiger partial charge in [0.1, 0.15) is 0 Å². The summed E-state index contributed by atoms with van der Waals surface area (Å²) in [6.07, 6.45) is 8.02. The van der Waals surface area contributed by atoms with Crippen LogP contribution in [0.1, 0.15) is 39.0 Å². The van der Waals surface area contributed by atoms with Gasteiger partial charge < -0.3 is 4.74 Å². The summed E-state index contributed by atoms with van der Waals surface area (Å²) in [6, 6.07) is 0. The molecule has 2 fully saturated rings. The van der Waals surface area contributed by atoms with Gasteiger partial charge in [0.05, 0.1) is 12.2 Å². The van der Waals surface area contributed by atoms with E-state index in [2.05, 4.69) is 6.92 Å². The van der Waals surface area contributed by atoms with Crippen molar-refractivity contribution in [3.63, 3.8) is 0 Å². The Bertz CT molecular complexity index is 118. The molecule has 2 atom stereocenters. The molecule has 0 aliphatic heterocycles. The van der Waals surface area contributed by atoms with Crippen LogP contribution in [0.2, 0.25) is 0 Å². The van der Waals surface area contributed by atoms with Crippen LogP contribution in [0.25, 0.3) is 0 Å². The largest absolute Gasteiger partial charge is 0.375 e. The van der Waals surface area contributed by atoms with Crippen molar-refractivity contribution in [2.45, 2.75) is 51.2 Å². The Morgan fingerprint density at radius 3 is 2.20 bits per heavy atom. The summed E-state index contributed by atoms with van der Waals surface area (Å²) >= 11 is 0. The van der Waals surface area contributed by atoms with Gasteiger partial charge in [-0.25, -0.2) is 0 Å². The SMILES string of the molecule is CC1CCC1OC1CCC1. The Labute approximate surface area is 62.8 Å². The number of rotatable bonds is 2. The molecular weight excluding hydrogens is 124 g/mol. The molecular formula is C9H16O. The molecule has 1 nitrogen and oxygen atoms in total. The van der Waals surface area contributed by atoms with Crippen LogP contribution in [0.5, 0.6) is 0 Å². The van der Waals surface area contributed by atoms with E-state index in [0.717, 1.165) is 5.92 Å². The summed E-state index contributed by atoms with van der Waals surface area (Å²) in [5, 5.41) is 0. The first-order chi connectivity index (χ1) is 4.86. The van der Waals surface area contributed by atoms with Crippen LogP contribution in [-0.4, -0.2) is 12.2 Å². The quantitative estimate of drug-likeness (QED) is 0.572. The molecule has 0 bridgehead atoms. The van der Waals surface area contributed by atoms with E-state index in [1.807, 2.05) is 0 Å². The molecule has 2 saturated carbocycles. The van der Waals surface area contributed by atoms with E-state index in [1.165, 1.54) is 32.1 Å². The predicted molar refractivity (Wildman–Crippen MR) is 40.9 cm³/mol. The molecule has 58 valence electrons. The Hall–Kier alpha value is -0.0400. The fraction of sp³-hybridized carbons (Fsp3) is 1.00. The number of ether oxygens (including phenoxy) is 1. The maximum atomic E-state index is 5.83. The minimum absolute atomic E-state index is 0.630. The molecule has 2 aliphatic carbocycles. The molecule has 0 aromatic rings. The van der Waals surface area contributed by atoms with Gasteiger partial charge in [0.15, 0.2) is 0 Å². The van der Waals surface area contributed by atoms with E-state index in [0.29, 0.717) is 12.2 Å². The van der Waals surface area contributed by atoms with Gasteiger partial charge in [0.25, 0.3) is 0 Å².